The van der Waals surface area contributed by atoms with Gasteiger partial charge >= 0.3 is 6.03 Å². The Morgan fingerprint density at radius 2 is 1.84 bits per heavy atom. The number of urea groups is 1. The maximum absolute atomic E-state index is 13.6. The normalized spacial score (nSPS) is 14.4. The number of nitrogens with one attached hydrogen (secondary N) is 2. The lowest BCUT2D eigenvalue weighted by molar-refractivity contribution is 0.240. The fraction of sp³-hybridized carbons (Fsp3) is 0.318. The Morgan fingerprint density at radius 1 is 1.06 bits per heavy atom. The predicted octanol–water partition coefficient (Wildman–Crippen LogP) is 3.35. The van der Waals surface area contributed by atoms with Gasteiger partial charge in [0.15, 0.2) is 0 Å². The number of carbonyl (C=O) groups excluding carboxylic acids is 1. The van der Waals surface area contributed by atoms with E-state index in [2.05, 4.69) is 41.9 Å². The molecule has 1 saturated heterocycles. The summed E-state index contributed by atoms with van der Waals surface area (Å²) in [6.07, 6.45) is 0.729. The maximum Gasteiger partial charge on any atom is 0.319 e. The van der Waals surface area contributed by atoms with Crippen molar-refractivity contribution in [3.8, 4) is 0 Å². The van der Waals surface area contributed by atoms with Crippen molar-refractivity contribution in [3.05, 3.63) is 71.6 Å². The number of nitrogens with zero attached hydrogens (tertiary/aromatic N) is 4. The van der Waals surface area contributed by atoms with E-state index in [9.17, 15) is 13.6 Å². The molecule has 168 valence electrons. The van der Waals surface area contributed by atoms with E-state index < -0.39 is 17.7 Å². The summed E-state index contributed by atoms with van der Waals surface area (Å²) in [5.41, 5.74) is 1.14. The lowest BCUT2D eigenvalue weighted by atomic mass is 10.1. The van der Waals surface area contributed by atoms with Gasteiger partial charge in [-0.1, -0.05) is 30.3 Å². The van der Waals surface area contributed by atoms with Gasteiger partial charge < -0.3 is 15.5 Å². The molecule has 32 heavy (non-hydrogen) atoms. The third kappa shape index (κ3) is 5.98. The maximum atomic E-state index is 13.6. The smallest absolute Gasteiger partial charge is 0.319 e. The summed E-state index contributed by atoms with van der Waals surface area (Å²) in [7, 11) is 0. The Labute approximate surface area is 189 Å². The molecule has 0 unspecified atom stereocenters. The summed E-state index contributed by atoms with van der Waals surface area (Å²) in [4.78, 5) is 21.1. The molecule has 0 radical (unpaired) electrons. The van der Waals surface area contributed by atoms with E-state index >= 15 is 0 Å². The van der Waals surface area contributed by atoms with Crippen LogP contribution in [0.1, 0.15) is 11.4 Å². The van der Waals surface area contributed by atoms with Crippen molar-refractivity contribution in [2.24, 2.45) is 0 Å². The molecule has 2 heterocycles. The van der Waals surface area contributed by atoms with Crippen LogP contribution in [0, 0.1) is 11.6 Å². The summed E-state index contributed by atoms with van der Waals surface area (Å²) in [6, 6.07) is 12.7. The Kier molecular flexibility index (Phi) is 7.23. The minimum atomic E-state index is -0.806. The molecule has 0 spiro atoms. The van der Waals surface area contributed by atoms with Crippen LogP contribution >= 0.6 is 11.5 Å². The third-order valence-corrected chi connectivity index (χ3v) is 6.01. The largest absolute Gasteiger partial charge is 0.344 e. The number of carbonyl (C=O) groups is 1. The molecule has 0 bridgehead atoms. The van der Waals surface area contributed by atoms with E-state index in [4.69, 9.17) is 0 Å². The summed E-state index contributed by atoms with van der Waals surface area (Å²) in [5, 5.41) is 6.03. The molecule has 2 amide bonds. The zero-order chi connectivity index (χ0) is 22.3. The van der Waals surface area contributed by atoms with Crippen LogP contribution in [-0.4, -0.2) is 59.6 Å². The van der Waals surface area contributed by atoms with Gasteiger partial charge in [-0.25, -0.2) is 18.6 Å². The second kappa shape index (κ2) is 10.5. The van der Waals surface area contributed by atoms with Crippen LogP contribution in [0.4, 0.5) is 24.4 Å². The molecule has 1 fully saturated rings. The zero-order valence-electron chi connectivity index (χ0n) is 17.4. The van der Waals surface area contributed by atoms with E-state index in [0.717, 1.165) is 55.7 Å². The monoisotopic (exact) mass is 458 g/mol. The SMILES string of the molecule is O=C(NCCN1CCN(c2nc(Cc3ccccc3)ns2)CC1)Nc1ccc(F)cc1F. The van der Waals surface area contributed by atoms with Crippen LogP contribution in [-0.2, 0) is 6.42 Å². The summed E-state index contributed by atoms with van der Waals surface area (Å²) in [5.74, 6) is -0.653. The van der Waals surface area contributed by atoms with Gasteiger partial charge in [-0.3, -0.25) is 4.90 Å². The number of piperazine rings is 1. The van der Waals surface area contributed by atoms with Crippen LogP contribution < -0.4 is 15.5 Å². The molecule has 0 aliphatic carbocycles. The first-order chi connectivity index (χ1) is 15.6. The van der Waals surface area contributed by atoms with E-state index in [0.29, 0.717) is 13.1 Å². The van der Waals surface area contributed by atoms with Crippen molar-refractivity contribution in [2.75, 3.05) is 49.5 Å². The molecule has 10 heteroatoms. The van der Waals surface area contributed by atoms with Gasteiger partial charge in [-0.05, 0) is 17.7 Å². The van der Waals surface area contributed by atoms with Gasteiger partial charge in [-0.15, -0.1) is 0 Å². The Morgan fingerprint density at radius 3 is 2.59 bits per heavy atom. The van der Waals surface area contributed by atoms with E-state index in [1.54, 1.807) is 0 Å². The molecule has 1 aromatic heterocycles. The van der Waals surface area contributed by atoms with Crippen molar-refractivity contribution in [2.45, 2.75) is 6.42 Å². The molecular formula is C22H24F2N6OS. The molecule has 0 saturated carbocycles. The van der Waals surface area contributed by atoms with Crippen LogP contribution in [0.15, 0.2) is 48.5 Å². The fourth-order valence-corrected chi connectivity index (χ4v) is 4.21. The van der Waals surface area contributed by atoms with Gasteiger partial charge in [0.25, 0.3) is 0 Å². The Bertz CT molecular complexity index is 1040. The molecular weight excluding hydrogens is 434 g/mol. The highest BCUT2D eigenvalue weighted by Gasteiger charge is 2.20. The summed E-state index contributed by atoms with van der Waals surface area (Å²) < 4.78 is 31.0. The highest BCUT2D eigenvalue weighted by molar-refractivity contribution is 7.09. The number of halogens is 2. The molecule has 2 aromatic carbocycles. The Hall–Kier alpha value is -3.11. The molecule has 1 aliphatic heterocycles. The van der Waals surface area contributed by atoms with Crippen LogP contribution in [0.5, 0.6) is 0 Å². The minimum absolute atomic E-state index is 0.0544. The average Bonchev–Trinajstić information content (AvgIpc) is 3.25. The Balaban J connectivity index is 1.17. The topological polar surface area (TPSA) is 73.4 Å². The quantitative estimate of drug-likeness (QED) is 0.568. The minimum Gasteiger partial charge on any atom is -0.344 e. The molecule has 4 rings (SSSR count). The average molecular weight is 459 g/mol. The lowest BCUT2D eigenvalue weighted by Crippen LogP contribution is -2.48. The van der Waals surface area contributed by atoms with E-state index in [1.165, 1.54) is 23.2 Å². The van der Waals surface area contributed by atoms with E-state index in [1.807, 2.05) is 18.2 Å². The lowest BCUT2D eigenvalue weighted by Gasteiger charge is -2.34. The third-order valence-electron chi connectivity index (χ3n) is 5.20. The summed E-state index contributed by atoms with van der Waals surface area (Å²) in [6.45, 7) is 4.49. The van der Waals surface area contributed by atoms with Gasteiger partial charge in [0.2, 0.25) is 5.13 Å². The van der Waals surface area contributed by atoms with Gasteiger partial charge in [0.1, 0.15) is 17.5 Å². The number of amides is 2. The second-order valence-electron chi connectivity index (χ2n) is 7.49. The molecule has 1 aliphatic rings. The van der Waals surface area contributed by atoms with Crippen molar-refractivity contribution < 1.29 is 13.6 Å². The predicted molar refractivity (Wildman–Crippen MR) is 121 cm³/mol. The highest BCUT2D eigenvalue weighted by Crippen LogP contribution is 2.20. The highest BCUT2D eigenvalue weighted by atomic mass is 32.1. The molecule has 7 nitrogen and oxygen atoms in total. The molecule has 2 N–H and O–H groups in total. The number of benzene rings is 2. The van der Waals surface area contributed by atoms with E-state index in [-0.39, 0.29) is 5.69 Å². The number of anilines is 2. The first-order valence-electron chi connectivity index (χ1n) is 10.4. The van der Waals surface area contributed by atoms with Gasteiger partial charge in [-0.2, -0.15) is 4.37 Å². The number of aromatic nitrogens is 2. The number of hydrogen-bond donors (Lipinski definition) is 2. The zero-order valence-corrected chi connectivity index (χ0v) is 18.2. The second-order valence-corrected chi connectivity index (χ2v) is 8.22. The fourth-order valence-electron chi connectivity index (χ4n) is 3.47. The number of rotatable bonds is 7. The number of hydrogen-bond acceptors (Lipinski definition) is 6. The first kappa shape index (κ1) is 22.1. The van der Waals surface area contributed by atoms with Crippen molar-refractivity contribution >= 4 is 28.4 Å². The standard InChI is InChI=1S/C22H24F2N6OS/c23-17-6-7-19(18(24)15-17)26-21(31)25-8-9-29-10-12-30(13-11-29)22-27-20(28-32-22)14-16-4-2-1-3-5-16/h1-7,15H,8-14H2,(H2,25,26,31). The summed E-state index contributed by atoms with van der Waals surface area (Å²) >= 11 is 1.43. The van der Waals surface area contributed by atoms with Gasteiger partial charge in [0, 0.05) is 63.3 Å². The molecule has 0 atom stereocenters. The first-order valence-corrected chi connectivity index (χ1v) is 11.2. The van der Waals surface area contributed by atoms with Crippen LogP contribution in [0.25, 0.3) is 0 Å². The van der Waals surface area contributed by atoms with Crippen molar-refractivity contribution in [1.82, 2.24) is 19.6 Å². The van der Waals surface area contributed by atoms with Crippen LogP contribution in [0.2, 0.25) is 0 Å². The van der Waals surface area contributed by atoms with Crippen molar-refractivity contribution in [3.63, 3.8) is 0 Å². The van der Waals surface area contributed by atoms with Gasteiger partial charge in [0.05, 0.1) is 5.69 Å². The van der Waals surface area contributed by atoms with Crippen LogP contribution in [0.3, 0.4) is 0 Å². The molecule has 3 aromatic rings. The van der Waals surface area contributed by atoms with Crippen molar-refractivity contribution in [1.29, 1.82) is 0 Å².